The number of carbonyl (C=O) groups excluding carboxylic acids is 1. The van der Waals surface area contributed by atoms with E-state index in [9.17, 15) is 4.79 Å². The first kappa shape index (κ1) is 19.5. The second kappa shape index (κ2) is 7.89. The predicted octanol–water partition coefficient (Wildman–Crippen LogP) is 5.13. The maximum Gasteiger partial charge on any atom is 0.340 e. The van der Waals surface area contributed by atoms with Crippen LogP contribution in [0.5, 0.6) is 0 Å². The summed E-state index contributed by atoms with van der Waals surface area (Å²) in [6, 6.07) is 16.1. The molecule has 0 aliphatic rings. The highest BCUT2D eigenvalue weighted by Crippen LogP contribution is 2.31. The van der Waals surface area contributed by atoms with Crippen LogP contribution in [0.3, 0.4) is 0 Å². The Morgan fingerprint density at radius 1 is 1.10 bits per heavy atom. The van der Waals surface area contributed by atoms with E-state index in [2.05, 4.69) is 17.9 Å². The number of ether oxygens (including phenoxy) is 1. The topological polar surface area (TPSA) is 55.3 Å². The van der Waals surface area contributed by atoms with Gasteiger partial charge in [-0.3, -0.25) is 9.88 Å². The minimum atomic E-state index is -0.350. The third-order valence-electron chi connectivity index (χ3n) is 5.34. The number of hydrogen-bond donors (Lipinski definition) is 0. The van der Waals surface area contributed by atoms with E-state index >= 15 is 0 Å². The van der Waals surface area contributed by atoms with E-state index in [1.54, 1.807) is 11.3 Å². The molecule has 0 aliphatic carbocycles. The van der Waals surface area contributed by atoms with Gasteiger partial charge in [0.1, 0.15) is 5.01 Å². The average molecular weight is 406 g/mol. The summed E-state index contributed by atoms with van der Waals surface area (Å²) in [5.74, 6) is -0.350. The molecule has 2 aromatic heterocycles. The van der Waals surface area contributed by atoms with E-state index in [0.717, 1.165) is 32.7 Å². The Kier molecular flexibility index (Phi) is 5.30. The molecule has 29 heavy (non-hydrogen) atoms. The number of methoxy groups -OCH3 is 1. The standard InChI is InChI=1S/C23H23N3O2S/c1-14-16-9-5-6-10-17(16)24-19(21(14)23(27)28-4)13-26(3)15(2)22-25-18-11-7-8-12-20(18)29-22/h5-12,15H,13H2,1-4H3/t15-/m1/s1. The summed E-state index contributed by atoms with van der Waals surface area (Å²) in [4.78, 5) is 24.3. The number of thiazole rings is 1. The maximum absolute atomic E-state index is 12.5. The van der Waals surface area contributed by atoms with Gasteiger partial charge in [-0.05, 0) is 44.7 Å². The average Bonchev–Trinajstić information content (AvgIpc) is 3.17. The van der Waals surface area contributed by atoms with Crippen LogP contribution < -0.4 is 0 Å². The number of nitrogens with zero attached hydrogens (tertiary/aromatic N) is 3. The van der Waals surface area contributed by atoms with Gasteiger partial charge in [0.15, 0.2) is 0 Å². The SMILES string of the molecule is COC(=O)c1c(CN(C)[C@H](C)c2nc3ccccc3s2)nc2ccccc2c1C. The molecule has 0 amide bonds. The van der Waals surface area contributed by atoms with Gasteiger partial charge in [-0.1, -0.05) is 30.3 Å². The van der Waals surface area contributed by atoms with Crippen molar-refractivity contribution in [1.82, 2.24) is 14.9 Å². The predicted molar refractivity (Wildman–Crippen MR) is 117 cm³/mol. The van der Waals surface area contributed by atoms with E-state index in [4.69, 9.17) is 14.7 Å². The van der Waals surface area contributed by atoms with Crippen LogP contribution in [0, 0.1) is 6.92 Å². The van der Waals surface area contributed by atoms with E-state index in [0.29, 0.717) is 12.1 Å². The van der Waals surface area contributed by atoms with Crippen LogP contribution in [-0.2, 0) is 11.3 Å². The Labute approximate surface area is 174 Å². The smallest absolute Gasteiger partial charge is 0.340 e. The Bertz CT molecular complexity index is 1170. The number of fused-ring (bicyclic) bond motifs is 2. The van der Waals surface area contributed by atoms with Crippen LogP contribution in [0.1, 0.15) is 39.6 Å². The highest BCUT2D eigenvalue weighted by molar-refractivity contribution is 7.18. The Morgan fingerprint density at radius 3 is 2.52 bits per heavy atom. The molecule has 0 fully saturated rings. The lowest BCUT2D eigenvalue weighted by Gasteiger charge is -2.24. The monoisotopic (exact) mass is 405 g/mol. The fourth-order valence-corrected chi connectivity index (χ4v) is 4.64. The fraction of sp³-hybridized carbons (Fsp3) is 0.261. The summed E-state index contributed by atoms with van der Waals surface area (Å²) in [7, 11) is 3.44. The van der Waals surface area contributed by atoms with Gasteiger partial charge < -0.3 is 4.74 Å². The number of esters is 1. The van der Waals surface area contributed by atoms with Crippen LogP contribution in [0.4, 0.5) is 0 Å². The number of para-hydroxylation sites is 2. The van der Waals surface area contributed by atoms with Gasteiger partial charge in [-0.15, -0.1) is 11.3 Å². The van der Waals surface area contributed by atoms with Gasteiger partial charge in [0.25, 0.3) is 0 Å². The summed E-state index contributed by atoms with van der Waals surface area (Å²) >= 11 is 1.70. The van der Waals surface area contributed by atoms with Crippen molar-refractivity contribution in [3.05, 3.63) is 70.4 Å². The quantitative estimate of drug-likeness (QED) is 0.431. The zero-order valence-corrected chi connectivity index (χ0v) is 17.8. The van der Waals surface area contributed by atoms with Crippen molar-refractivity contribution in [2.75, 3.05) is 14.2 Å². The summed E-state index contributed by atoms with van der Waals surface area (Å²) in [6.45, 7) is 4.60. The normalized spacial score (nSPS) is 12.6. The number of benzene rings is 2. The lowest BCUT2D eigenvalue weighted by Crippen LogP contribution is -2.24. The Hall–Kier alpha value is -2.83. The molecule has 5 nitrogen and oxygen atoms in total. The highest BCUT2D eigenvalue weighted by atomic mass is 32.1. The van der Waals surface area contributed by atoms with Crippen LogP contribution in [-0.4, -0.2) is 35.0 Å². The van der Waals surface area contributed by atoms with Gasteiger partial charge in [0, 0.05) is 11.9 Å². The second-order valence-corrected chi connectivity index (χ2v) is 8.24. The second-order valence-electron chi connectivity index (χ2n) is 7.18. The third kappa shape index (κ3) is 3.61. The molecule has 0 saturated heterocycles. The molecular weight excluding hydrogens is 382 g/mol. The zero-order chi connectivity index (χ0) is 20.5. The first-order valence-corrected chi connectivity index (χ1v) is 10.3. The molecule has 0 bridgehead atoms. The molecule has 6 heteroatoms. The number of rotatable bonds is 5. The van der Waals surface area contributed by atoms with Crippen molar-refractivity contribution < 1.29 is 9.53 Å². The van der Waals surface area contributed by atoms with E-state index in [1.807, 2.05) is 56.4 Å². The summed E-state index contributed by atoms with van der Waals surface area (Å²) in [5, 5.41) is 2.02. The van der Waals surface area contributed by atoms with Crippen molar-refractivity contribution in [2.45, 2.75) is 26.4 Å². The number of carbonyl (C=O) groups is 1. The molecule has 0 unspecified atom stereocenters. The van der Waals surface area contributed by atoms with Crippen LogP contribution in [0.25, 0.3) is 21.1 Å². The molecular formula is C23H23N3O2S. The van der Waals surface area contributed by atoms with Crippen molar-refractivity contribution in [2.24, 2.45) is 0 Å². The van der Waals surface area contributed by atoms with Crippen molar-refractivity contribution in [3.8, 4) is 0 Å². The van der Waals surface area contributed by atoms with Crippen molar-refractivity contribution in [1.29, 1.82) is 0 Å². The first-order chi connectivity index (χ1) is 14.0. The molecule has 0 spiro atoms. The molecule has 0 N–H and O–H groups in total. The summed E-state index contributed by atoms with van der Waals surface area (Å²) < 4.78 is 6.24. The van der Waals surface area contributed by atoms with E-state index < -0.39 is 0 Å². The Balaban J connectivity index is 1.71. The number of aryl methyl sites for hydroxylation is 1. The maximum atomic E-state index is 12.5. The van der Waals surface area contributed by atoms with Gasteiger partial charge in [0.2, 0.25) is 0 Å². The largest absolute Gasteiger partial charge is 0.465 e. The van der Waals surface area contributed by atoms with Crippen LogP contribution in [0.15, 0.2) is 48.5 Å². The molecule has 2 heterocycles. The molecule has 1 atom stereocenters. The molecule has 4 aromatic rings. The molecule has 0 aliphatic heterocycles. The van der Waals surface area contributed by atoms with E-state index in [1.165, 1.54) is 11.8 Å². The van der Waals surface area contributed by atoms with Gasteiger partial charge in [0.05, 0.1) is 40.1 Å². The summed E-state index contributed by atoms with van der Waals surface area (Å²) in [5.41, 5.74) is 4.08. The Morgan fingerprint density at radius 2 is 1.79 bits per heavy atom. The van der Waals surface area contributed by atoms with Crippen molar-refractivity contribution >= 4 is 38.4 Å². The third-order valence-corrected chi connectivity index (χ3v) is 6.55. The van der Waals surface area contributed by atoms with Gasteiger partial charge in [-0.2, -0.15) is 0 Å². The van der Waals surface area contributed by atoms with E-state index in [-0.39, 0.29) is 12.0 Å². The molecule has 0 saturated carbocycles. The minimum Gasteiger partial charge on any atom is -0.465 e. The lowest BCUT2D eigenvalue weighted by atomic mass is 10.0. The number of pyridine rings is 1. The van der Waals surface area contributed by atoms with Crippen LogP contribution in [0.2, 0.25) is 0 Å². The molecule has 4 rings (SSSR count). The van der Waals surface area contributed by atoms with Gasteiger partial charge >= 0.3 is 5.97 Å². The fourth-order valence-electron chi connectivity index (χ4n) is 3.56. The summed E-state index contributed by atoms with van der Waals surface area (Å²) in [6.07, 6.45) is 0. The minimum absolute atomic E-state index is 0.0893. The molecule has 0 radical (unpaired) electrons. The number of hydrogen-bond acceptors (Lipinski definition) is 6. The lowest BCUT2D eigenvalue weighted by molar-refractivity contribution is 0.0596. The molecule has 148 valence electrons. The molecule has 2 aromatic carbocycles. The van der Waals surface area contributed by atoms with Crippen LogP contribution >= 0.6 is 11.3 Å². The van der Waals surface area contributed by atoms with Crippen molar-refractivity contribution in [3.63, 3.8) is 0 Å². The first-order valence-electron chi connectivity index (χ1n) is 9.52. The van der Waals surface area contributed by atoms with Gasteiger partial charge in [-0.25, -0.2) is 9.78 Å². The highest BCUT2D eigenvalue weighted by Gasteiger charge is 2.23. The number of aromatic nitrogens is 2. The zero-order valence-electron chi connectivity index (χ0n) is 17.0.